The highest BCUT2D eigenvalue weighted by Crippen LogP contribution is 2.53. The summed E-state index contributed by atoms with van der Waals surface area (Å²) in [5.41, 5.74) is 3.75. The van der Waals surface area contributed by atoms with Gasteiger partial charge in [0.1, 0.15) is 16.7 Å². The number of H-pyrrole nitrogens is 1. The largest absolute Gasteiger partial charge is 0.459 e. The van der Waals surface area contributed by atoms with Crippen LogP contribution in [-0.2, 0) is 5.41 Å². The minimum atomic E-state index is -0.666. The Balaban J connectivity index is 1.72. The summed E-state index contributed by atoms with van der Waals surface area (Å²) >= 11 is 0. The third-order valence-corrected chi connectivity index (χ3v) is 5.39. The lowest BCUT2D eigenvalue weighted by molar-refractivity contribution is 0.0826. The lowest BCUT2D eigenvalue weighted by atomic mass is 9.77. The topological polar surface area (TPSA) is 66.4 Å². The Labute approximate surface area is 139 Å². The van der Waals surface area contributed by atoms with Gasteiger partial charge in [-0.3, -0.25) is 0 Å². The number of fused-ring (bicyclic) bond motifs is 4. The highest BCUT2D eigenvalue weighted by molar-refractivity contribution is 5.96. The molecule has 0 amide bonds. The van der Waals surface area contributed by atoms with Crippen LogP contribution in [0.3, 0.4) is 0 Å². The van der Waals surface area contributed by atoms with Gasteiger partial charge in [-0.15, -0.1) is 0 Å². The molecule has 1 spiro atoms. The molecule has 2 aromatic carbocycles. The maximum atomic E-state index is 6.56. The van der Waals surface area contributed by atoms with Crippen molar-refractivity contribution < 1.29 is 4.74 Å². The molecule has 5 rings (SSSR count). The number of nitrogens with zero attached hydrogens (tertiary/aromatic N) is 4. The van der Waals surface area contributed by atoms with Gasteiger partial charge in [-0.25, -0.2) is 4.99 Å². The van der Waals surface area contributed by atoms with Gasteiger partial charge in [0.05, 0.1) is 11.6 Å². The molecule has 1 unspecified atom stereocenters. The number of nitrogens with one attached hydrogen (secondary N) is 1. The van der Waals surface area contributed by atoms with E-state index < -0.39 is 5.72 Å². The summed E-state index contributed by atoms with van der Waals surface area (Å²) in [4.78, 5) is 6.91. The number of hydrogen-bond acceptors (Lipinski definition) is 5. The van der Waals surface area contributed by atoms with Crippen molar-refractivity contribution in [1.82, 2.24) is 15.4 Å². The van der Waals surface area contributed by atoms with Crippen molar-refractivity contribution in [1.29, 1.82) is 0 Å². The molecule has 0 fully saturated rings. The van der Waals surface area contributed by atoms with E-state index in [2.05, 4.69) is 65.5 Å². The van der Waals surface area contributed by atoms with Crippen LogP contribution in [0.2, 0.25) is 0 Å². The van der Waals surface area contributed by atoms with E-state index in [4.69, 9.17) is 9.73 Å². The average molecular weight is 319 g/mol. The number of ether oxygens (including phenoxy) is 1. The Kier molecular flexibility index (Phi) is 2.34. The van der Waals surface area contributed by atoms with Crippen molar-refractivity contribution >= 4 is 28.6 Å². The molecular formula is C18H17N5O. The van der Waals surface area contributed by atoms with Crippen LogP contribution >= 0.6 is 0 Å². The molecule has 1 aromatic heterocycles. The van der Waals surface area contributed by atoms with Gasteiger partial charge in [-0.2, -0.15) is 15.4 Å². The molecule has 3 aromatic rings. The van der Waals surface area contributed by atoms with E-state index in [-0.39, 0.29) is 5.41 Å². The van der Waals surface area contributed by atoms with Crippen molar-refractivity contribution in [3.8, 4) is 5.75 Å². The van der Waals surface area contributed by atoms with Gasteiger partial charge in [0.25, 0.3) is 0 Å². The molecule has 1 N–H and O–H groups in total. The minimum Gasteiger partial charge on any atom is -0.459 e. The number of para-hydroxylation sites is 1. The van der Waals surface area contributed by atoms with Crippen LogP contribution in [0.25, 0.3) is 11.0 Å². The van der Waals surface area contributed by atoms with E-state index in [1.54, 1.807) is 0 Å². The van der Waals surface area contributed by atoms with Crippen molar-refractivity contribution in [3.63, 3.8) is 0 Å². The second kappa shape index (κ2) is 4.14. The van der Waals surface area contributed by atoms with E-state index in [0.29, 0.717) is 0 Å². The fraction of sp³-hybridized carbons (Fsp3) is 0.278. The molecule has 24 heavy (non-hydrogen) atoms. The minimum absolute atomic E-state index is 0.252. The van der Waals surface area contributed by atoms with Crippen LogP contribution in [0.15, 0.2) is 41.4 Å². The highest BCUT2D eigenvalue weighted by Gasteiger charge is 2.58. The molecule has 0 saturated carbocycles. The Hall–Kier alpha value is -2.89. The summed E-state index contributed by atoms with van der Waals surface area (Å²) in [5.74, 6) is 0.728. The number of anilines is 1. The summed E-state index contributed by atoms with van der Waals surface area (Å²) < 4.78 is 6.56. The number of likely N-dealkylation sites (N-methyl/N-ethyl adjacent to an activating group) is 1. The molecule has 0 aliphatic carbocycles. The Morgan fingerprint density at radius 2 is 1.92 bits per heavy atom. The molecule has 0 bridgehead atoms. The first-order chi connectivity index (χ1) is 11.5. The second-order valence-electron chi connectivity index (χ2n) is 6.86. The molecule has 2 aliphatic heterocycles. The maximum absolute atomic E-state index is 6.56. The Bertz CT molecular complexity index is 1010. The average Bonchev–Trinajstić information content (AvgIpc) is 3.14. The second-order valence-corrected chi connectivity index (χ2v) is 6.86. The van der Waals surface area contributed by atoms with Gasteiger partial charge in [0.15, 0.2) is 5.75 Å². The lowest BCUT2D eigenvalue weighted by Crippen LogP contribution is -2.61. The van der Waals surface area contributed by atoms with E-state index in [9.17, 15) is 0 Å². The van der Waals surface area contributed by atoms with Crippen molar-refractivity contribution in [2.24, 2.45) is 4.99 Å². The van der Waals surface area contributed by atoms with Crippen LogP contribution in [0.5, 0.6) is 5.75 Å². The van der Waals surface area contributed by atoms with Crippen molar-refractivity contribution in [3.05, 3.63) is 42.0 Å². The van der Waals surface area contributed by atoms with Gasteiger partial charge < -0.3 is 9.64 Å². The number of aromatic amines is 1. The monoisotopic (exact) mass is 319 g/mol. The van der Waals surface area contributed by atoms with Gasteiger partial charge >= 0.3 is 0 Å². The van der Waals surface area contributed by atoms with E-state index in [1.807, 2.05) is 18.3 Å². The maximum Gasteiger partial charge on any atom is 0.228 e. The molecular weight excluding hydrogens is 302 g/mol. The normalized spacial score (nSPS) is 23.4. The number of rotatable bonds is 0. The standard InChI is InChI=1S/C18H17N5O/c1-17(2)11-6-4-5-7-13(11)23(3)18(17)10-19-16-14(24-18)9-8-12-15(16)21-22-20-12/h4-10H,1-3H3,(H,20,21,22). The van der Waals surface area contributed by atoms with E-state index >= 15 is 0 Å². The Morgan fingerprint density at radius 3 is 2.75 bits per heavy atom. The summed E-state index contributed by atoms with van der Waals surface area (Å²) in [6.07, 6.45) is 1.91. The molecule has 6 heteroatoms. The van der Waals surface area contributed by atoms with E-state index in [0.717, 1.165) is 22.5 Å². The highest BCUT2D eigenvalue weighted by atomic mass is 16.5. The summed E-state index contributed by atoms with van der Waals surface area (Å²) in [5, 5.41) is 11.0. The van der Waals surface area contributed by atoms with Gasteiger partial charge in [0, 0.05) is 12.7 Å². The third-order valence-electron chi connectivity index (χ3n) is 5.39. The molecule has 120 valence electrons. The molecule has 0 radical (unpaired) electrons. The van der Waals surface area contributed by atoms with Crippen LogP contribution in [-0.4, -0.2) is 34.4 Å². The number of aliphatic imine (C=N–C) groups is 1. The first-order valence-corrected chi connectivity index (χ1v) is 7.96. The van der Waals surface area contributed by atoms with Gasteiger partial charge in [0.2, 0.25) is 5.72 Å². The molecule has 6 nitrogen and oxygen atoms in total. The van der Waals surface area contributed by atoms with Crippen LogP contribution in [0.1, 0.15) is 19.4 Å². The van der Waals surface area contributed by atoms with Crippen LogP contribution in [0, 0.1) is 0 Å². The summed E-state index contributed by atoms with van der Waals surface area (Å²) in [6.45, 7) is 4.39. The quantitative estimate of drug-likeness (QED) is 0.691. The van der Waals surface area contributed by atoms with E-state index in [1.165, 1.54) is 11.3 Å². The lowest BCUT2D eigenvalue weighted by Gasteiger charge is -2.44. The van der Waals surface area contributed by atoms with Crippen molar-refractivity contribution in [2.45, 2.75) is 25.0 Å². The Morgan fingerprint density at radius 1 is 1.08 bits per heavy atom. The number of benzene rings is 2. The van der Waals surface area contributed by atoms with Crippen LogP contribution < -0.4 is 9.64 Å². The predicted molar refractivity (Wildman–Crippen MR) is 93.3 cm³/mol. The van der Waals surface area contributed by atoms with Crippen molar-refractivity contribution in [2.75, 3.05) is 11.9 Å². The first-order valence-electron chi connectivity index (χ1n) is 7.96. The zero-order valence-electron chi connectivity index (χ0n) is 13.7. The molecule has 0 saturated heterocycles. The first kappa shape index (κ1) is 13.5. The molecule has 1 atom stereocenters. The van der Waals surface area contributed by atoms with Crippen LogP contribution in [0.4, 0.5) is 11.4 Å². The SMILES string of the molecule is CN1c2ccccc2C(C)(C)C12C=Nc1c(ccc3n[nH]nc13)O2. The summed E-state index contributed by atoms with van der Waals surface area (Å²) in [7, 11) is 2.05. The molecule has 3 heterocycles. The third kappa shape index (κ3) is 1.39. The molecule has 2 aliphatic rings. The predicted octanol–water partition coefficient (Wildman–Crippen LogP) is 3.18. The smallest absolute Gasteiger partial charge is 0.228 e. The number of hydrogen-bond donors (Lipinski definition) is 1. The zero-order chi connectivity index (χ0) is 16.5. The fourth-order valence-corrected chi connectivity index (χ4v) is 3.96. The van der Waals surface area contributed by atoms with Gasteiger partial charge in [-0.05, 0) is 37.6 Å². The fourth-order valence-electron chi connectivity index (χ4n) is 3.96. The zero-order valence-corrected chi connectivity index (χ0v) is 13.7. The van der Waals surface area contributed by atoms with Gasteiger partial charge in [-0.1, -0.05) is 18.2 Å². The number of aromatic nitrogens is 3. The summed E-state index contributed by atoms with van der Waals surface area (Å²) in [6, 6.07) is 12.2.